The molecule has 1 aliphatic rings. The molecule has 0 fully saturated rings. The van der Waals surface area contributed by atoms with E-state index >= 15 is 0 Å². The van der Waals surface area contributed by atoms with E-state index in [9.17, 15) is 4.79 Å². The number of fused-ring (bicyclic) bond motifs is 1. The molecule has 5 nitrogen and oxygen atoms in total. The molecule has 114 valence electrons. The summed E-state index contributed by atoms with van der Waals surface area (Å²) in [5.74, 6) is 0.843. The van der Waals surface area contributed by atoms with Crippen LogP contribution in [0.4, 0.5) is 0 Å². The second kappa shape index (κ2) is 7.81. The van der Waals surface area contributed by atoms with Gasteiger partial charge in [0.25, 0.3) is 0 Å². The molecular formula is C16H22N2O3. The van der Waals surface area contributed by atoms with Crippen molar-refractivity contribution in [3.63, 3.8) is 0 Å². The van der Waals surface area contributed by atoms with E-state index in [1.54, 1.807) is 6.08 Å². The van der Waals surface area contributed by atoms with Gasteiger partial charge in [0.05, 0.1) is 19.7 Å². The zero-order valence-electron chi connectivity index (χ0n) is 12.1. The van der Waals surface area contributed by atoms with E-state index in [0.29, 0.717) is 19.6 Å². The van der Waals surface area contributed by atoms with E-state index in [0.717, 1.165) is 12.2 Å². The molecule has 1 atom stereocenters. The highest BCUT2D eigenvalue weighted by atomic mass is 16.5. The third-order valence-electron chi connectivity index (χ3n) is 3.41. The van der Waals surface area contributed by atoms with Crippen LogP contribution in [-0.2, 0) is 11.2 Å². The van der Waals surface area contributed by atoms with Crippen molar-refractivity contribution in [2.75, 3.05) is 32.8 Å². The fraction of sp³-hybridized carbons (Fsp3) is 0.438. The molecule has 0 bridgehead atoms. The third-order valence-corrected chi connectivity index (χ3v) is 3.41. The summed E-state index contributed by atoms with van der Waals surface area (Å²) in [6.07, 6.45) is 2.54. The molecule has 0 saturated heterocycles. The predicted octanol–water partition coefficient (Wildman–Crippen LogP) is 0.587. The van der Waals surface area contributed by atoms with Crippen molar-refractivity contribution in [1.29, 1.82) is 0 Å². The average molecular weight is 290 g/mol. The molecule has 1 heterocycles. The summed E-state index contributed by atoms with van der Waals surface area (Å²) >= 11 is 0. The quantitative estimate of drug-likeness (QED) is 0.688. The number of para-hydroxylation sites is 1. The van der Waals surface area contributed by atoms with Crippen LogP contribution in [0.3, 0.4) is 0 Å². The van der Waals surface area contributed by atoms with Gasteiger partial charge in [0.15, 0.2) is 0 Å². The number of nitrogens with zero attached hydrogens (tertiary/aromatic N) is 1. The van der Waals surface area contributed by atoms with Crippen LogP contribution >= 0.6 is 0 Å². The minimum atomic E-state index is -0.0649. The fourth-order valence-corrected chi connectivity index (χ4v) is 2.41. The van der Waals surface area contributed by atoms with Crippen LogP contribution in [0.5, 0.6) is 5.75 Å². The van der Waals surface area contributed by atoms with Crippen molar-refractivity contribution < 1.29 is 14.6 Å². The van der Waals surface area contributed by atoms with Crippen molar-refractivity contribution in [3.8, 4) is 5.75 Å². The number of ether oxygens (including phenoxy) is 1. The molecule has 0 spiro atoms. The largest absolute Gasteiger partial charge is 0.488 e. The Morgan fingerprint density at radius 1 is 1.52 bits per heavy atom. The van der Waals surface area contributed by atoms with Crippen LogP contribution in [0, 0.1) is 0 Å². The Kier molecular flexibility index (Phi) is 5.78. The van der Waals surface area contributed by atoms with E-state index < -0.39 is 0 Å². The number of hydrogen-bond acceptors (Lipinski definition) is 4. The second-order valence-corrected chi connectivity index (χ2v) is 5.10. The van der Waals surface area contributed by atoms with Crippen LogP contribution in [0.25, 0.3) is 0 Å². The summed E-state index contributed by atoms with van der Waals surface area (Å²) in [5.41, 5.74) is 1.19. The number of benzene rings is 1. The Morgan fingerprint density at radius 3 is 3.05 bits per heavy atom. The minimum absolute atomic E-state index is 0.00274. The Labute approximate surface area is 125 Å². The standard InChI is InChI=1S/C16H22N2O3/c1-2-7-18(8-9-19)12-16(20)17-11-14-10-13-5-3-4-6-15(13)21-14/h2-6,14,19H,1,7-12H2,(H,17,20). The lowest BCUT2D eigenvalue weighted by Gasteiger charge is -2.19. The van der Waals surface area contributed by atoms with Gasteiger partial charge in [-0.05, 0) is 11.6 Å². The highest BCUT2D eigenvalue weighted by Gasteiger charge is 2.22. The number of carbonyl (C=O) groups excluding carboxylic acids is 1. The van der Waals surface area contributed by atoms with Crippen LogP contribution in [-0.4, -0.2) is 54.8 Å². The zero-order chi connectivity index (χ0) is 15.1. The van der Waals surface area contributed by atoms with E-state index in [1.807, 2.05) is 29.2 Å². The first-order chi connectivity index (χ1) is 10.2. The number of nitrogens with one attached hydrogen (secondary N) is 1. The maximum Gasteiger partial charge on any atom is 0.234 e. The first kappa shape index (κ1) is 15.5. The maximum atomic E-state index is 11.9. The SMILES string of the molecule is C=CCN(CCO)CC(=O)NCC1Cc2ccccc2O1. The molecular weight excluding hydrogens is 268 g/mol. The summed E-state index contributed by atoms with van der Waals surface area (Å²) in [4.78, 5) is 13.7. The van der Waals surface area contributed by atoms with Crippen LogP contribution in [0.2, 0.25) is 0 Å². The molecule has 1 aromatic rings. The van der Waals surface area contributed by atoms with E-state index in [1.165, 1.54) is 5.56 Å². The normalized spacial score (nSPS) is 16.4. The summed E-state index contributed by atoms with van der Waals surface area (Å²) in [6, 6.07) is 7.93. The molecule has 0 aromatic heterocycles. The Morgan fingerprint density at radius 2 is 2.33 bits per heavy atom. The molecule has 1 amide bonds. The maximum absolute atomic E-state index is 11.9. The third kappa shape index (κ3) is 4.58. The van der Waals surface area contributed by atoms with E-state index in [4.69, 9.17) is 9.84 Å². The number of aliphatic hydroxyl groups is 1. The average Bonchev–Trinajstić information content (AvgIpc) is 2.88. The lowest BCUT2D eigenvalue weighted by molar-refractivity contribution is -0.122. The molecule has 1 aromatic carbocycles. The number of rotatable bonds is 8. The van der Waals surface area contributed by atoms with Gasteiger partial charge in [0, 0.05) is 19.5 Å². The molecule has 0 saturated carbocycles. The van der Waals surface area contributed by atoms with Crippen molar-refractivity contribution in [2.24, 2.45) is 0 Å². The molecule has 5 heteroatoms. The molecule has 2 N–H and O–H groups in total. The highest BCUT2D eigenvalue weighted by molar-refractivity contribution is 5.78. The summed E-state index contributed by atoms with van der Waals surface area (Å²) in [5, 5.41) is 11.8. The first-order valence-electron chi connectivity index (χ1n) is 7.18. The van der Waals surface area contributed by atoms with Gasteiger partial charge in [0.1, 0.15) is 11.9 Å². The van der Waals surface area contributed by atoms with E-state index in [2.05, 4.69) is 11.9 Å². The van der Waals surface area contributed by atoms with Gasteiger partial charge in [-0.3, -0.25) is 9.69 Å². The van der Waals surface area contributed by atoms with Crippen molar-refractivity contribution in [1.82, 2.24) is 10.2 Å². The van der Waals surface area contributed by atoms with Gasteiger partial charge in [-0.15, -0.1) is 6.58 Å². The van der Waals surface area contributed by atoms with Gasteiger partial charge in [-0.2, -0.15) is 0 Å². The molecule has 21 heavy (non-hydrogen) atoms. The Hall–Kier alpha value is -1.85. The van der Waals surface area contributed by atoms with Crippen LogP contribution in [0.15, 0.2) is 36.9 Å². The Bertz CT molecular complexity index is 465. The minimum Gasteiger partial charge on any atom is -0.488 e. The topological polar surface area (TPSA) is 61.8 Å². The predicted molar refractivity (Wildman–Crippen MR) is 81.3 cm³/mol. The van der Waals surface area contributed by atoms with Crippen LogP contribution in [0.1, 0.15) is 5.56 Å². The highest BCUT2D eigenvalue weighted by Crippen LogP contribution is 2.27. The molecule has 0 radical (unpaired) electrons. The molecule has 1 unspecified atom stereocenters. The zero-order valence-corrected chi connectivity index (χ0v) is 12.1. The lowest BCUT2D eigenvalue weighted by Crippen LogP contribution is -2.42. The summed E-state index contributed by atoms with van der Waals surface area (Å²) in [7, 11) is 0. The Balaban J connectivity index is 1.74. The van der Waals surface area contributed by atoms with Gasteiger partial charge >= 0.3 is 0 Å². The molecule has 1 aliphatic heterocycles. The second-order valence-electron chi connectivity index (χ2n) is 5.10. The van der Waals surface area contributed by atoms with Gasteiger partial charge < -0.3 is 15.2 Å². The number of aliphatic hydroxyl groups excluding tert-OH is 1. The van der Waals surface area contributed by atoms with Gasteiger partial charge in [0.2, 0.25) is 5.91 Å². The smallest absolute Gasteiger partial charge is 0.234 e. The fourth-order valence-electron chi connectivity index (χ4n) is 2.41. The monoisotopic (exact) mass is 290 g/mol. The van der Waals surface area contributed by atoms with Crippen molar-refractivity contribution >= 4 is 5.91 Å². The van der Waals surface area contributed by atoms with Crippen molar-refractivity contribution in [2.45, 2.75) is 12.5 Å². The van der Waals surface area contributed by atoms with E-state index in [-0.39, 0.29) is 25.2 Å². The van der Waals surface area contributed by atoms with Crippen molar-refractivity contribution in [3.05, 3.63) is 42.5 Å². The molecule has 2 rings (SSSR count). The number of carbonyl (C=O) groups is 1. The van der Waals surface area contributed by atoms with Gasteiger partial charge in [-0.25, -0.2) is 0 Å². The van der Waals surface area contributed by atoms with Crippen LogP contribution < -0.4 is 10.1 Å². The summed E-state index contributed by atoms with van der Waals surface area (Å²) < 4.78 is 5.77. The lowest BCUT2D eigenvalue weighted by atomic mass is 10.1. The van der Waals surface area contributed by atoms with Gasteiger partial charge in [-0.1, -0.05) is 24.3 Å². The number of hydrogen-bond donors (Lipinski definition) is 2. The first-order valence-corrected chi connectivity index (χ1v) is 7.18. The molecule has 0 aliphatic carbocycles. The summed E-state index contributed by atoms with van der Waals surface area (Å²) in [6.45, 7) is 5.47. The number of amides is 1.